The molecule has 3 aromatic rings. The summed E-state index contributed by atoms with van der Waals surface area (Å²) in [7, 11) is 0. The van der Waals surface area contributed by atoms with E-state index in [0.717, 1.165) is 4.88 Å². The van der Waals surface area contributed by atoms with Crippen LogP contribution in [-0.4, -0.2) is 30.0 Å². The summed E-state index contributed by atoms with van der Waals surface area (Å²) in [6, 6.07) is 6.94. The first-order valence-electron chi connectivity index (χ1n) is 8.12. The van der Waals surface area contributed by atoms with E-state index in [1.165, 1.54) is 24.7 Å². The Labute approximate surface area is 158 Å². The number of thiophene rings is 1. The molecule has 138 valence electrons. The van der Waals surface area contributed by atoms with Crippen molar-refractivity contribution in [2.45, 2.75) is 6.92 Å². The number of anilines is 2. The third-order valence-corrected chi connectivity index (χ3v) is 4.64. The van der Waals surface area contributed by atoms with Crippen molar-refractivity contribution >= 4 is 34.5 Å². The number of carbonyl (C=O) groups is 2. The van der Waals surface area contributed by atoms with Crippen LogP contribution in [0.2, 0.25) is 0 Å². The molecule has 0 radical (unpaired) electrons. The van der Waals surface area contributed by atoms with E-state index in [2.05, 4.69) is 15.6 Å². The third kappa shape index (κ3) is 3.49. The van der Waals surface area contributed by atoms with Gasteiger partial charge in [0.15, 0.2) is 29.3 Å². The zero-order valence-electron chi connectivity index (χ0n) is 14.3. The Kier molecular flexibility index (Phi) is 4.51. The lowest BCUT2D eigenvalue weighted by Gasteiger charge is -2.21. The van der Waals surface area contributed by atoms with Gasteiger partial charge in [-0.1, -0.05) is 6.07 Å². The molecule has 0 atom stereocenters. The van der Waals surface area contributed by atoms with Gasteiger partial charge in [0.25, 0.3) is 5.91 Å². The predicted octanol–water partition coefficient (Wildman–Crippen LogP) is 3.39. The quantitative estimate of drug-likeness (QED) is 0.714. The van der Waals surface area contributed by atoms with Gasteiger partial charge in [0.2, 0.25) is 5.91 Å². The molecule has 0 saturated heterocycles. The van der Waals surface area contributed by atoms with E-state index in [9.17, 15) is 9.59 Å². The minimum atomic E-state index is -0.463. The molecule has 2 aromatic heterocycles. The van der Waals surface area contributed by atoms with Crippen LogP contribution in [0, 0.1) is 0 Å². The highest BCUT2D eigenvalue weighted by Crippen LogP contribution is 2.39. The molecule has 1 aromatic carbocycles. The number of oxazole rings is 1. The highest BCUT2D eigenvalue weighted by atomic mass is 32.1. The first-order chi connectivity index (χ1) is 13.1. The molecule has 2 N–H and O–H groups in total. The van der Waals surface area contributed by atoms with Crippen molar-refractivity contribution in [3.05, 3.63) is 41.7 Å². The molecule has 1 aliphatic rings. The van der Waals surface area contributed by atoms with E-state index in [-0.39, 0.29) is 11.6 Å². The van der Waals surface area contributed by atoms with Crippen LogP contribution in [0.3, 0.4) is 0 Å². The monoisotopic (exact) mass is 385 g/mol. The average Bonchev–Trinajstić information content (AvgIpc) is 3.33. The number of fused-ring (bicyclic) bond motifs is 1. The Hall–Kier alpha value is -3.33. The molecule has 3 heterocycles. The van der Waals surface area contributed by atoms with E-state index < -0.39 is 5.91 Å². The zero-order chi connectivity index (χ0) is 18.8. The smallest absolute Gasteiger partial charge is 0.278 e. The van der Waals surface area contributed by atoms with Crippen molar-refractivity contribution in [2.75, 3.05) is 23.8 Å². The van der Waals surface area contributed by atoms with Crippen LogP contribution >= 0.6 is 11.3 Å². The molecule has 9 heteroatoms. The van der Waals surface area contributed by atoms with E-state index in [1.54, 1.807) is 12.1 Å². The second-order valence-electron chi connectivity index (χ2n) is 5.68. The van der Waals surface area contributed by atoms with Gasteiger partial charge in [0, 0.05) is 19.1 Å². The van der Waals surface area contributed by atoms with Gasteiger partial charge >= 0.3 is 0 Å². The maximum Gasteiger partial charge on any atom is 0.278 e. The fourth-order valence-corrected chi connectivity index (χ4v) is 3.37. The maximum atomic E-state index is 12.8. The Morgan fingerprint density at radius 1 is 1.11 bits per heavy atom. The van der Waals surface area contributed by atoms with Crippen LogP contribution in [0.15, 0.2) is 40.5 Å². The predicted molar refractivity (Wildman–Crippen MR) is 99.5 cm³/mol. The van der Waals surface area contributed by atoms with E-state index >= 15 is 0 Å². The zero-order valence-corrected chi connectivity index (χ0v) is 15.1. The van der Waals surface area contributed by atoms with Crippen molar-refractivity contribution < 1.29 is 23.5 Å². The van der Waals surface area contributed by atoms with Crippen LogP contribution in [0.5, 0.6) is 11.5 Å². The summed E-state index contributed by atoms with van der Waals surface area (Å²) in [5, 5.41) is 7.33. The molecule has 27 heavy (non-hydrogen) atoms. The molecule has 2 amide bonds. The molecule has 0 spiro atoms. The third-order valence-electron chi connectivity index (χ3n) is 3.77. The number of hydrogen-bond acceptors (Lipinski definition) is 7. The summed E-state index contributed by atoms with van der Waals surface area (Å²) < 4.78 is 16.5. The SMILES string of the molecule is CC(=O)Nc1cc2c(cc1NC(=O)c1ncoc1-c1cccs1)OCCO2. The maximum absolute atomic E-state index is 12.8. The molecule has 8 nitrogen and oxygen atoms in total. The van der Waals surface area contributed by atoms with E-state index in [4.69, 9.17) is 13.9 Å². The number of nitrogens with zero attached hydrogens (tertiary/aromatic N) is 1. The highest BCUT2D eigenvalue weighted by Gasteiger charge is 2.22. The number of hydrogen-bond donors (Lipinski definition) is 2. The molecule has 1 aliphatic heterocycles. The minimum Gasteiger partial charge on any atom is -0.486 e. The molecule has 0 aliphatic carbocycles. The Morgan fingerprint density at radius 3 is 2.44 bits per heavy atom. The fourth-order valence-electron chi connectivity index (χ4n) is 2.66. The summed E-state index contributed by atoms with van der Waals surface area (Å²) in [5.41, 5.74) is 0.932. The van der Waals surface area contributed by atoms with Crippen molar-refractivity contribution in [3.8, 4) is 22.1 Å². The second-order valence-corrected chi connectivity index (χ2v) is 6.63. The van der Waals surface area contributed by atoms with Crippen LogP contribution < -0.4 is 20.1 Å². The molecular weight excluding hydrogens is 370 g/mol. The average molecular weight is 385 g/mol. The van der Waals surface area contributed by atoms with Crippen molar-refractivity contribution in [1.82, 2.24) is 4.98 Å². The fraction of sp³-hybridized carbons (Fsp3) is 0.167. The second kappa shape index (κ2) is 7.12. The number of aromatic nitrogens is 1. The van der Waals surface area contributed by atoms with Gasteiger partial charge in [-0.2, -0.15) is 0 Å². The minimum absolute atomic E-state index is 0.154. The van der Waals surface area contributed by atoms with Crippen LogP contribution in [0.4, 0.5) is 11.4 Å². The topological polar surface area (TPSA) is 103 Å². The lowest BCUT2D eigenvalue weighted by atomic mass is 10.2. The number of benzene rings is 1. The number of rotatable bonds is 4. The van der Waals surface area contributed by atoms with Crippen LogP contribution in [-0.2, 0) is 4.79 Å². The number of carbonyl (C=O) groups excluding carboxylic acids is 2. The molecule has 0 fully saturated rings. The standard InChI is InChI=1S/C18H15N3O5S/c1-10(22)20-11-7-13-14(25-5-4-24-13)8-12(11)21-18(23)16-17(26-9-19-16)15-3-2-6-27-15/h2-3,6-9H,4-5H2,1H3,(H,20,22)(H,21,23). The molecular formula is C18H15N3O5S. The highest BCUT2D eigenvalue weighted by molar-refractivity contribution is 7.13. The van der Waals surface area contributed by atoms with Gasteiger partial charge < -0.3 is 24.5 Å². The molecule has 0 unspecified atom stereocenters. The van der Waals surface area contributed by atoms with Crippen LogP contribution in [0.1, 0.15) is 17.4 Å². The molecule has 0 bridgehead atoms. The van der Waals surface area contributed by atoms with E-state index in [0.29, 0.717) is 41.8 Å². The largest absolute Gasteiger partial charge is 0.486 e. The Morgan fingerprint density at radius 2 is 1.81 bits per heavy atom. The Balaban J connectivity index is 1.67. The molecule has 4 rings (SSSR count). The summed E-state index contributed by atoms with van der Waals surface area (Å²) in [6.07, 6.45) is 1.22. The summed E-state index contributed by atoms with van der Waals surface area (Å²) in [5.74, 6) is 0.646. The van der Waals surface area contributed by atoms with Gasteiger partial charge in [-0.15, -0.1) is 11.3 Å². The Bertz CT molecular complexity index is 997. The van der Waals surface area contributed by atoms with Crippen molar-refractivity contribution in [2.24, 2.45) is 0 Å². The number of ether oxygens (including phenoxy) is 2. The van der Waals surface area contributed by atoms with Gasteiger partial charge in [-0.3, -0.25) is 9.59 Å². The first kappa shape index (κ1) is 17.1. The van der Waals surface area contributed by atoms with E-state index in [1.807, 2.05) is 17.5 Å². The normalized spacial score (nSPS) is 12.5. The first-order valence-corrected chi connectivity index (χ1v) is 9.00. The van der Waals surface area contributed by atoms with Gasteiger partial charge in [0.05, 0.1) is 16.3 Å². The van der Waals surface area contributed by atoms with Gasteiger partial charge in [0.1, 0.15) is 13.2 Å². The molecule has 0 saturated carbocycles. The van der Waals surface area contributed by atoms with Crippen molar-refractivity contribution in [3.63, 3.8) is 0 Å². The number of nitrogens with one attached hydrogen (secondary N) is 2. The van der Waals surface area contributed by atoms with Crippen molar-refractivity contribution in [1.29, 1.82) is 0 Å². The lowest BCUT2D eigenvalue weighted by molar-refractivity contribution is -0.114. The summed E-state index contributed by atoms with van der Waals surface area (Å²) in [6.45, 7) is 2.21. The number of amides is 2. The van der Waals surface area contributed by atoms with Gasteiger partial charge in [-0.25, -0.2) is 4.98 Å². The summed E-state index contributed by atoms with van der Waals surface area (Å²) >= 11 is 1.44. The lowest BCUT2D eigenvalue weighted by Crippen LogP contribution is -2.19. The summed E-state index contributed by atoms with van der Waals surface area (Å²) in [4.78, 5) is 29.1. The van der Waals surface area contributed by atoms with Crippen LogP contribution in [0.25, 0.3) is 10.6 Å². The van der Waals surface area contributed by atoms with Gasteiger partial charge in [-0.05, 0) is 11.4 Å².